The maximum Gasteiger partial charge on any atom is 0.332 e. The Labute approximate surface area is 147 Å². The lowest BCUT2D eigenvalue weighted by atomic mass is 10.1. The number of hydrogen-bond acceptors (Lipinski definition) is 4. The van der Waals surface area contributed by atoms with Crippen molar-refractivity contribution >= 4 is 38.6 Å². The molecule has 0 aliphatic carbocycles. The van der Waals surface area contributed by atoms with Crippen molar-refractivity contribution in [2.45, 2.75) is 32.6 Å². The van der Waals surface area contributed by atoms with Gasteiger partial charge in [0, 0.05) is 32.0 Å². The zero-order valence-corrected chi connectivity index (χ0v) is 15.6. The smallest absolute Gasteiger partial charge is 0.325 e. The number of aromatic nitrogens is 3. The first-order chi connectivity index (χ1) is 11.4. The van der Waals surface area contributed by atoms with Gasteiger partial charge in [-0.3, -0.25) is 18.7 Å². The van der Waals surface area contributed by atoms with Gasteiger partial charge in [-0.05, 0) is 18.4 Å². The summed E-state index contributed by atoms with van der Waals surface area (Å²) >= 11 is 3.30. The van der Waals surface area contributed by atoms with E-state index < -0.39 is 11.2 Å². The third-order valence-corrected chi connectivity index (χ3v) is 4.43. The number of carbonyl (C=O) groups is 1. The van der Waals surface area contributed by atoms with Gasteiger partial charge >= 0.3 is 5.69 Å². The molecule has 0 fully saturated rings. The molecule has 1 amide bonds. The predicted octanol–water partition coefficient (Wildman–Crippen LogP) is 1.70. The molecular weight excluding hydrogens is 376 g/mol. The zero-order valence-electron chi connectivity index (χ0n) is 14.1. The Balaban J connectivity index is 2.72. The summed E-state index contributed by atoms with van der Waals surface area (Å²) in [5.74, 6) is -0.157. The van der Waals surface area contributed by atoms with Crippen LogP contribution < -0.4 is 16.6 Å². The number of pyridine rings is 1. The first kappa shape index (κ1) is 18.4. The fourth-order valence-electron chi connectivity index (χ4n) is 2.60. The summed E-state index contributed by atoms with van der Waals surface area (Å²) in [5, 5.41) is 3.87. The number of hydrogen-bond donors (Lipinski definition) is 1. The van der Waals surface area contributed by atoms with Crippen LogP contribution in [0.15, 0.2) is 15.8 Å². The number of amides is 1. The molecule has 8 heteroatoms. The minimum Gasteiger partial charge on any atom is -0.325 e. The summed E-state index contributed by atoms with van der Waals surface area (Å²) in [6.45, 7) is 2.01. The summed E-state index contributed by atoms with van der Waals surface area (Å²) in [6, 6.07) is 0. The van der Waals surface area contributed by atoms with Crippen molar-refractivity contribution in [2.75, 3.05) is 10.6 Å². The van der Waals surface area contributed by atoms with Gasteiger partial charge in [0.2, 0.25) is 5.91 Å². The van der Waals surface area contributed by atoms with Crippen LogP contribution in [-0.2, 0) is 25.3 Å². The Morgan fingerprint density at radius 3 is 2.62 bits per heavy atom. The van der Waals surface area contributed by atoms with E-state index in [9.17, 15) is 14.4 Å². The highest BCUT2D eigenvalue weighted by Crippen LogP contribution is 2.24. The van der Waals surface area contributed by atoms with Gasteiger partial charge in [0.05, 0.1) is 5.69 Å². The lowest BCUT2D eigenvalue weighted by Gasteiger charge is -2.15. The van der Waals surface area contributed by atoms with Crippen molar-refractivity contribution in [1.82, 2.24) is 14.1 Å². The number of anilines is 1. The molecule has 0 spiro atoms. The summed E-state index contributed by atoms with van der Waals surface area (Å²) in [4.78, 5) is 41.2. The number of fused-ring (bicyclic) bond motifs is 1. The van der Waals surface area contributed by atoms with Gasteiger partial charge in [0.1, 0.15) is 5.39 Å². The van der Waals surface area contributed by atoms with E-state index in [1.807, 2.05) is 6.92 Å². The molecule has 0 aromatic carbocycles. The van der Waals surface area contributed by atoms with Crippen molar-refractivity contribution < 1.29 is 4.79 Å². The molecule has 2 heterocycles. The highest BCUT2D eigenvalue weighted by molar-refractivity contribution is 9.09. The third-order valence-electron chi connectivity index (χ3n) is 3.87. The number of alkyl halides is 1. The molecule has 0 unspecified atom stereocenters. The monoisotopic (exact) mass is 396 g/mol. The second kappa shape index (κ2) is 7.74. The number of nitrogens with zero attached hydrogens (tertiary/aromatic N) is 3. The van der Waals surface area contributed by atoms with Gasteiger partial charge in [0.15, 0.2) is 5.65 Å². The van der Waals surface area contributed by atoms with E-state index in [2.05, 4.69) is 26.2 Å². The summed E-state index contributed by atoms with van der Waals surface area (Å²) in [6.07, 6.45) is 4.22. The first-order valence-corrected chi connectivity index (χ1v) is 8.97. The van der Waals surface area contributed by atoms with Crippen LogP contribution in [0.5, 0.6) is 0 Å². The fraction of sp³-hybridized carbons (Fsp3) is 0.500. The van der Waals surface area contributed by atoms with Crippen LogP contribution in [0.4, 0.5) is 5.69 Å². The highest BCUT2D eigenvalue weighted by Gasteiger charge is 2.18. The van der Waals surface area contributed by atoms with Crippen LogP contribution in [0.3, 0.4) is 0 Å². The predicted molar refractivity (Wildman–Crippen MR) is 97.9 cm³/mol. The van der Waals surface area contributed by atoms with Crippen LogP contribution in [-0.4, -0.2) is 25.4 Å². The Hall–Kier alpha value is -1.96. The average molecular weight is 397 g/mol. The van der Waals surface area contributed by atoms with Gasteiger partial charge in [-0.1, -0.05) is 29.3 Å². The molecule has 0 atom stereocenters. The second-order valence-corrected chi connectivity index (χ2v) is 6.45. The van der Waals surface area contributed by atoms with E-state index in [1.165, 1.54) is 11.6 Å². The number of aryl methyl sites for hydroxylation is 2. The Morgan fingerprint density at radius 1 is 1.29 bits per heavy atom. The minimum atomic E-state index is -0.450. The van der Waals surface area contributed by atoms with Crippen LogP contribution in [0.2, 0.25) is 0 Å². The summed E-state index contributed by atoms with van der Waals surface area (Å²) in [7, 11) is 2.99. The molecule has 24 heavy (non-hydrogen) atoms. The van der Waals surface area contributed by atoms with Crippen LogP contribution in [0.1, 0.15) is 31.7 Å². The van der Waals surface area contributed by atoms with E-state index in [0.29, 0.717) is 24.9 Å². The molecule has 130 valence electrons. The molecule has 1 N–H and O–H groups in total. The van der Waals surface area contributed by atoms with Crippen LogP contribution >= 0.6 is 15.9 Å². The lowest BCUT2D eigenvalue weighted by molar-refractivity contribution is -0.116. The number of rotatable bonds is 6. The summed E-state index contributed by atoms with van der Waals surface area (Å²) in [5.41, 5.74) is 0.651. The quantitative estimate of drug-likeness (QED) is 0.752. The van der Waals surface area contributed by atoms with E-state index in [1.54, 1.807) is 13.2 Å². The molecule has 0 radical (unpaired) electrons. The maximum atomic E-state index is 12.6. The van der Waals surface area contributed by atoms with Crippen molar-refractivity contribution in [2.24, 2.45) is 14.1 Å². The lowest BCUT2D eigenvalue weighted by Crippen LogP contribution is -2.38. The minimum absolute atomic E-state index is 0.157. The van der Waals surface area contributed by atoms with Crippen molar-refractivity contribution in [3.63, 3.8) is 0 Å². The van der Waals surface area contributed by atoms with E-state index in [0.717, 1.165) is 21.9 Å². The molecule has 0 saturated carbocycles. The molecule has 0 saturated heterocycles. The molecule has 2 aromatic rings. The number of halogens is 1. The Morgan fingerprint density at radius 2 is 2.00 bits per heavy atom. The van der Waals surface area contributed by atoms with Gasteiger partial charge < -0.3 is 5.32 Å². The standard InChI is InChI=1S/C16H21BrN4O3/c1-4-6-10-9-18-14-12(13(10)19-11(22)7-5-8-17)15(23)21(3)16(24)20(14)2/h9H,4-8H2,1-3H3,(H,18,19,22). The molecule has 2 aromatic heterocycles. The fourth-order valence-corrected chi connectivity index (χ4v) is 2.88. The number of nitrogens with one attached hydrogen (secondary N) is 1. The molecule has 0 aliphatic rings. The number of carbonyl (C=O) groups excluding carboxylic acids is 1. The largest absolute Gasteiger partial charge is 0.332 e. The SMILES string of the molecule is CCCc1cnc2c(c1NC(=O)CCCBr)c(=O)n(C)c(=O)n2C. The van der Waals surface area contributed by atoms with Crippen molar-refractivity contribution in [3.8, 4) is 0 Å². The van der Waals surface area contributed by atoms with Crippen LogP contribution in [0.25, 0.3) is 11.0 Å². The maximum absolute atomic E-state index is 12.6. The Bertz CT molecular complexity index is 885. The molecular formula is C16H21BrN4O3. The van der Waals surface area contributed by atoms with Crippen molar-refractivity contribution in [1.29, 1.82) is 0 Å². The Kier molecular flexibility index (Phi) is 5.93. The normalized spacial score (nSPS) is 11.0. The van der Waals surface area contributed by atoms with E-state index >= 15 is 0 Å². The third kappa shape index (κ3) is 3.43. The highest BCUT2D eigenvalue weighted by atomic mass is 79.9. The van der Waals surface area contributed by atoms with Crippen LogP contribution in [0, 0.1) is 0 Å². The molecule has 2 rings (SSSR count). The van der Waals surface area contributed by atoms with E-state index in [4.69, 9.17) is 0 Å². The van der Waals surface area contributed by atoms with Gasteiger partial charge in [-0.15, -0.1) is 0 Å². The van der Waals surface area contributed by atoms with Gasteiger partial charge in [-0.25, -0.2) is 9.78 Å². The topological polar surface area (TPSA) is 86.0 Å². The zero-order chi connectivity index (χ0) is 17.9. The molecule has 0 bridgehead atoms. The van der Waals surface area contributed by atoms with Gasteiger partial charge in [0.25, 0.3) is 5.56 Å². The van der Waals surface area contributed by atoms with Crippen molar-refractivity contribution in [3.05, 3.63) is 32.6 Å². The second-order valence-electron chi connectivity index (χ2n) is 5.65. The molecule has 7 nitrogen and oxygen atoms in total. The average Bonchev–Trinajstić information content (AvgIpc) is 2.57. The van der Waals surface area contributed by atoms with Gasteiger partial charge in [-0.2, -0.15) is 0 Å². The summed E-state index contributed by atoms with van der Waals surface area (Å²) < 4.78 is 2.36. The van der Waals surface area contributed by atoms with E-state index in [-0.39, 0.29) is 16.9 Å². The molecule has 0 aliphatic heterocycles. The first-order valence-electron chi connectivity index (χ1n) is 7.85.